The molecule has 1 saturated heterocycles. The third-order valence-electron chi connectivity index (χ3n) is 7.15. The van der Waals surface area contributed by atoms with Crippen LogP contribution in [0.5, 0.6) is 0 Å². The number of sulfonamides is 1. The van der Waals surface area contributed by atoms with E-state index in [2.05, 4.69) is 0 Å². The minimum atomic E-state index is -3.90. The fourth-order valence-electron chi connectivity index (χ4n) is 5.52. The van der Waals surface area contributed by atoms with E-state index < -0.39 is 15.8 Å². The lowest BCUT2D eigenvalue weighted by Crippen LogP contribution is -2.54. The molecule has 0 aromatic heterocycles. The Hall–Kier alpha value is -2.61. The van der Waals surface area contributed by atoms with Crippen LogP contribution in [0, 0.1) is 11.7 Å². The van der Waals surface area contributed by atoms with Crippen molar-refractivity contribution < 1.29 is 17.6 Å². The number of likely N-dealkylation sites (tertiary alicyclic amines) is 1. The lowest BCUT2D eigenvalue weighted by molar-refractivity contribution is -0.130. The first kappa shape index (κ1) is 20.3. The molecular formula is C23H26FN3O3S. The molecule has 8 heteroatoms. The number of benzene rings is 2. The summed E-state index contributed by atoms with van der Waals surface area (Å²) >= 11 is 0. The molecule has 0 bridgehead atoms. The Bertz CT molecular complexity index is 1140. The summed E-state index contributed by atoms with van der Waals surface area (Å²) in [4.78, 5) is 13.9. The summed E-state index contributed by atoms with van der Waals surface area (Å²) in [6, 6.07) is 10.2. The maximum atomic E-state index is 13.8. The average Bonchev–Trinajstić information content (AvgIpc) is 3.53. The summed E-state index contributed by atoms with van der Waals surface area (Å²) in [5, 5.41) is 0. The van der Waals surface area contributed by atoms with Crippen LogP contribution in [0.4, 0.5) is 15.8 Å². The van der Waals surface area contributed by atoms with Crippen molar-refractivity contribution in [1.82, 2.24) is 4.90 Å². The number of piperidine rings is 1. The van der Waals surface area contributed by atoms with Gasteiger partial charge in [-0.2, -0.15) is 0 Å². The van der Waals surface area contributed by atoms with Crippen LogP contribution in [0.1, 0.15) is 38.2 Å². The van der Waals surface area contributed by atoms with Crippen molar-refractivity contribution in [2.75, 3.05) is 23.1 Å². The van der Waals surface area contributed by atoms with Gasteiger partial charge in [-0.25, -0.2) is 12.8 Å². The molecule has 2 aromatic rings. The van der Waals surface area contributed by atoms with Gasteiger partial charge >= 0.3 is 0 Å². The third-order valence-corrected chi connectivity index (χ3v) is 8.96. The molecule has 2 heterocycles. The number of nitrogens with zero attached hydrogens (tertiary/aromatic N) is 2. The van der Waals surface area contributed by atoms with E-state index in [0.29, 0.717) is 37.3 Å². The van der Waals surface area contributed by atoms with E-state index in [9.17, 15) is 17.6 Å². The summed E-state index contributed by atoms with van der Waals surface area (Å²) < 4.78 is 42.7. The summed E-state index contributed by atoms with van der Waals surface area (Å²) in [7, 11) is -3.90. The monoisotopic (exact) mass is 443 g/mol. The van der Waals surface area contributed by atoms with Crippen LogP contribution >= 0.6 is 0 Å². The lowest BCUT2D eigenvalue weighted by atomic mass is 9.68. The highest BCUT2D eigenvalue weighted by atomic mass is 32.2. The molecule has 6 nitrogen and oxygen atoms in total. The number of rotatable bonds is 3. The molecule has 2 fully saturated rings. The molecule has 31 heavy (non-hydrogen) atoms. The minimum absolute atomic E-state index is 0.0411. The van der Waals surface area contributed by atoms with E-state index in [1.165, 1.54) is 24.3 Å². The van der Waals surface area contributed by atoms with E-state index in [1.54, 1.807) is 23.4 Å². The number of nitrogen functional groups attached to an aromatic ring is 1. The van der Waals surface area contributed by atoms with E-state index >= 15 is 0 Å². The van der Waals surface area contributed by atoms with Crippen molar-refractivity contribution in [3.63, 3.8) is 0 Å². The normalized spacial score (nSPS) is 22.6. The van der Waals surface area contributed by atoms with Gasteiger partial charge in [0, 0.05) is 31.1 Å². The Kier molecular flexibility index (Phi) is 4.55. The number of hydrogen-bond acceptors (Lipinski definition) is 4. The molecule has 2 aromatic carbocycles. The Labute approximate surface area is 181 Å². The fourth-order valence-corrected chi connectivity index (χ4v) is 7.32. The van der Waals surface area contributed by atoms with Crippen LogP contribution in [-0.4, -0.2) is 38.4 Å². The van der Waals surface area contributed by atoms with Gasteiger partial charge < -0.3 is 10.6 Å². The topological polar surface area (TPSA) is 83.7 Å². The molecule has 3 aliphatic rings. The molecule has 1 aliphatic carbocycles. The van der Waals surface area contributed by atoms with Gasteiger partial charge in [0.15, 0.2) is 0 Å². The van der Waals surface area contributed by atoms with E-state index in [1.807, 2.05) is 11.0 Å². The second-order valence-electron chi connectivity index (χ2n) is 8.98. The smallest absolute Gasteiger partial charge is 0.264 e. The number of anilines is 2. The largest absolute Gasteiger partial charge is 0.399 e. The van der Waals surface area contributed by atoms with Crippen molar-refractivity contribution >= 4 is 27.3 Å². The van der Waals surface area contributed by atoms with Crippen molar-refractivity contribution in [2.24, 2.45) is 5.92 Å². The van der Waals surface area contributed by atoms with Crippen LogP contribution in [-0.2, 0) is 20.2 Å². The van der Waals surface area contributed by atoms with Crippen LogP contribution < -0.4 is 10.0 Å². The van der Waals surface area contributed by atoms with Crippen LogP contribution in [0.3, 0.4) is 0 Å². The molecule has 1 atom stereocenters. The number of amides is 1. The molecule has 1 spiro atoms. The second-order valence-corrected chi connectivity index (χ2v) is 10.8. The van der Waals surface area contributed by atoms with Gasteiger partial charge in [-0.1, -0.05) is 0 Å². The van der Waals surface area contributed by atoms with Crippen molar-refractivity contribution in [2.45, 2.75) is 49.0 Å². The third kappa shape index (κ3) is 3.11. The van der Waals surface area contributed by atoms with Crippen LogP contribution in [0.15, 0.2) is 47.4 Å². The van der Waals surface area contributed by atoms with Crippen LogP contribution in [0.2, 0.25) is 0 Å². The zero-order valence-electron chi connectivity index (χ0n) is 17.4. The average molecular weight is 444 g/mol. The first-order valence-electron chi connectivity index (χ1n) is 10.7. The first-order valence-corrected chi connectivity index (χ1v) is 12.1. The molecule has 164 valence electrons. The van der Waals surface area contributed by atoms with E-state index in [-0.39, 0.29) is 28.2 Å². The predicted molar refractivity (Wildman–Crippen MR) is 117 cm³/mol. The maximum absolute atomic E-state index is 13.8. The Balaban J connectivity index is 1.66. The van der Waals surface area contributed by atoms with Crippen molar-refractivity contribution in [3.05, 3.63) is 53.8 Å². The highest BCUT2D eigenvalue weighted by Crippen LogP contribution is 2.59. The summed E-state index contributed by atoms with van der Waals surface area (Å²) in [5.74, 6) is -0.174. The van der Waals surface area contributed by atoms with E-state index in [0.717, 1.165) is 18.4 Å². The van der Waals surface area contributed by atoms with Gasteiger partial charge in [-0.05, 0) is 79.6 Å². The van der Waals surface area contributed by atoms with Crippen LogP contribution in [0.25, 0.3) is 0 Å². The van der Waals surface area contributed by atoms with Crippen molar-refractivity contribution in [3.8, 4) is 0 Å². The van der Waals surface area contributed by atoms with E-state index in [4.69, 9.17) is 5.73 Å². The Morgan fingerprint density at radius 2 is 1.74 bits per heavy atom. The summed E-state index contributed by atoms with van der Waals surface area (Å²) in [6.07, 6.45) is 3.34. The lowest BCUT2D eigenvalue weighted by Gasteiger charge is -2.45. The number of carbonyl (C=O) groups is 1. The number of carbonyl (C=O) groups excluding carboxylic acids is 1. The highest BCUT2D eigenvalue weighted by Gasteiger charge is 2.60. The zero-order valence-corrected chi connectivity index (χ0v) is 18.2. The van der Waals surface area contributed by atoms with Gasteiger partial charge in [0.25, 0.3) is 10.0 Å². The summed E-state index contributed by atoms with van der Waals surface area (Å²) in [6.45, 7) is 2.76. The molecule has 5 rings (SSSR count). The first-order chi connectivity index (χ1) is 14.7. The molecule has 1 amide bonds. The molecule has 2 N–H and O–H groups in total. The molecular weight excluding hydrogens is 417 g/mol. The van der Waals surface area contributed by atoms with Gasteiger partial charge in [0.05, 0.1) is 16.6 Å². The molecule has 0 radical (unpaired) electrons. The Morgan fingerprint density at radius 3 is 2.32 bits per heavy atom. The maximum Gasteiger partial charge on any atom is 0.264 e. The quantitative estimate of drug-likeness (QED) is 0.738. The van der Waals surface area contributed by atoms with Crippen molar-refractivity contribution in [1.29, 1.82) is 0 Å². The molecule has 1 saturated carbocycles. The van der Waals surface area contributed by atoms with Gasteiger partial charge in [-0.3, -0.25) is 9.10 Å². The molecule has 1 unspecified atom stereocenters. The minimum Gasteiger partial charge on any atom is -0.399 e. The number of hydrogen-bond donors (Lipinski definition) is 1. The zero-order chi connectivity index (χ0) is 22.0. The van der Waals surface area contributed by atoms with Gasteiger partial charge in [0.2, 0.25) is 5.91 Å². The predicted octanol–water partition coefficient (Wildman–Crippen LogP) is 3.28. The fraction of sp³-hybridized carbons (Fsp3) is 0.435. The standard InChI is InChI=1S/C23H26FN3O3S/c1-15(28)26-12-10-23(11-13-26)20-14-18(25)6-9-21(20)27(22(23)16-2-3-16)31(29,30)19-7-4-17(24)5-8-19/h4-9,14,16,22H,2-3,10-13,25H2,1H3. The molecule has 2 aliphatic heterocycles. The second kappa shape index (κ2) is 6.95. The number of halogens is 1. The SMILES string of the molecule is CC(=O)N1CCC2(CC1)c1cc(N)ccc1N(S(=O)(=O)c1ccc(F)cc1)C2C1CC1. The van der Waals surface area contributed by atoms with Gasteiger partial charge in [0.1, 0.15) is 5.82 Å². The summed E-state index contributed by atoms with van der Waals surface area (Å²) in [5.41, 5.74) is 7.97. The Morgan fingerprint density at radius 1 is 1.10 bits per heavy atom. The number of fused-ring (bicyclic) bond motifs is 2. The highest BCUT2D eigenvalue weighted by molar-refractivity contribution is 7.92. The van der Waals surface area contributed by atoms with Gasteiger partial charge in [-0.15, -0.1) is 0 Å². The number of nitrogens with two attached hydrogens (primary N) is 1.